The van der Waals surface area contributed by atoms with Crippen LogP contribution in [0.2, 0.25) is 0 Å². The van der Waals surface area contributed by atoms with Crippen LogP contribution in [0.5, 0.6) is 11.5 Å². The van der Waals surface area contributed by atoms with Crippen LogP contribution >= 0.6 is 0 Å². The highest BCUT2D eigenvalue weighted by Crippen LogP contribution is 2.38. The van der Waals surface area contributed by atoms with E-state index < -0.39 is 11.6 Å². The summed E-state index contributed by atoms with van der Waals surface area (Å²) in [5, 5.41) is 4.95. The predicted molar refractivity (Wildman–Crippen MR) is 113 cm³/mol. The minimum atomic E-state index is -0.836. The lowest BCUT2D eigenvalue weighted by Gasteiger charge is -2.14. The second kappa shape index (κ2) is 8.19. The van der Waals surface area contributed by atoms with Crippen LogP contribution in [0.3, 0.4) is 0 Å². The first-order valence-corrected chi connectivity index (χ1v) is 9.46. The fraction of sp³-hybridized carbons (Fsp3) is 0.182. The van der Waals surface area contributed by atoms with E-state index in [-0.39, 0.29) is 17.1 Å². The van der Waals surface area contributed by atoms with Gasteiger partial charge in [-0.05, 0) is 30.3 Å². The van der Waals surface area contributed by atoms with Crippen LogP contribution < -0.4 is 16.0 Å². The maximum Gasteiger partial charge on any atom is 0.261 e. The van der Waals surface area contributed by atoms with Crippen molar-refractivity contribution in [2.24, 2.45) is 7.05 Å². The first-order valence-electron chi connectivity index (χ1n) is 9.46. The average molecular weight is 426 g/mol. The zero-order valence-corrected chi connectivity index (χ0v) is 16.9. The Morgan fingerprint density at radius 3 is 2.58 bits per heavy atom. The van der Waals surface area contributed by atoms with Crippen LogP contribution in [0.4, 0.5) is 14.5 Å². The molecule has 2 aromatic carbocycles. The number of anilines is 1. The summed E-state index contributed by atoms with van der Waals surface area (Å²) >= 11 is 0. The van der Waals surface area contributed by atoms with E-state index in [0.29, 0.717) is 40.9 Å². The van der Waals surface area contributed by atoms with Crippen molar-refractivity contribution < 1.29 is 18.3 Å². The number of aryl methyl sites for hydroxylation is 1. The molecule has 2 N–H and O–H groups in total. The quantitative estimate of drug-likeness (QED) is 0.475. The molecule has 160 valence electrons. The molecule has 0 bridgehead atoms. The number of hydrogen-bond donors (Lipinski definition) is 1. The number of rotatable bonds is 6. The van der Waals surface area contributed by atoms with Crippen molar-refractivity contribution in [3.63, 3.8) is 0 Å². The number of hydrogen-bond acceptors (Lipinski definition) is 5. The van der Waals surface area contributed by atoms with Crippen molar-refractivity contribution in [1.82, 2.24) is 14.3 Å². The lowest BCUT2D eigenvalue weighted by atomic mass is 10.0. The molecule has 4 aromatic rings. The fourth-order valence-electron chi connectivity index (χ4n) is 3.30. The van der Waals surface area contributed by atoms with E-state index >= 15 is 0 Å². The standard InChI is InChI=1S/C22H20F2N4O3/c1-27-11-16(21-17(22(27)29)12-28(26-21)7-8-30-2)15-10-14(25)4-6-19(15)31-20-5-3-13(23)9-18(20)24/h3-6,9-12H,7-8,25H2,1-2H3. The average Bonchev–Trinajstić information content (AvgIpc) is 3.17. The predicted octanol–water partition coefficient (Wildman–Crippen LogP) is 3.70. The number of benzene rings is 2. The van der Waals surface area contributed by atoms with Gasteiger partial charge in [0.25, 0.3) is 5.56 Å². The lowest BCUT2D eigenvalue weighted by Crippen LogP contribution is -2.16. The Labute approximate surface area is 176 Å². The van der Waals surface area contributed by atoms with E-state index in [0.717, 1.165) is 12.1 Å². The highest BCUT2D eigenvalue weighted by Gasteiger charge is 2.18. The number of nitrogens with zero attached hydrogens (tertiary/aromatic N) is 3. The molecule has 0 amide bonds. The highest BCUT2D eigenvalue weighted by atomic mass is 19.1. The Balaban J connectivity index is 1.89. The maximum absolute atomic E-state index is 14.2. The summed E-state index contributed by atoms with van der Waals surface area (Å²) in [6.45, 7) is 0.898. The third-order valence-corrected chi connectivity index (χ3v) is 4.82. The van der Waals surface area contributed by atoms with Crippen molar-refractivity contribution in [3.8, 4) is 22.6 Å². The molecule has 0 fully saturated rings. The fourth-order valence-corrected chi connectivity index (χ4v) is 3.30. The Hall–Kier alpha value is -3.72. The van der Waals surface area contributed by atoms with Gasteiger partial charge < -0.3 is 19.8 Å². The number of nitrogen functional groups attached to an aromatic ring is 1. The summed E-state index contributed by atoms with van der Waals surface area (Å²) in [5.41, 5.74) is 7.79. The van der Waals surface area contributed by atoms with Gasteiger partial charge in [-0.1, -0.05) is 0 Å². The monoisotopic (exact) mass is 426 g/mol. The number of ether oxygens (including phenoxy) is 2. The van der Waals surface area contributed by atoms with E-state index in [1.165, 1.54) is 10.6 Å². The van der Waals surface area contributed by atoms with Crippen LogP contribution in [0.25, 0.3) is 22.0 Å². The van der Waals surface area contributed by atoms with Gasteiger partial charge in [-0.3, -0.25) is 9.48 Å². The van der Waals surface area contributed by atoms with Crippen LogP contribution in [0, 0.1) is 11.6 Å². The Kier molecular flexibility index (Phi) is 5.43. The van der Waals surface area contributed by atoms with Gasteiger partial charge >= 0.3 is 0 Å². The third-order valence-electron chi connectivity index (χ3n) is 4.82. The van der Waals surface area contributed by atoms with Crippen molar-refractivity contribution in [3.05, 3.63) is 70.8 Å². The molecule has 2 aromatic heterocycles. The van der Waals surface area contributed by atoms with Gasteiger partial charge in [0.05, 0.1) is 18.5 Å². The smallest absolute Gasteiger partial charge is 0.261 e. The number of aromatic nitrogens is 3. The minimum absolute atomic E-state index is 0.140. The normalized spacial score (nSPS) is 11.2. The molecule has 4 rings (SSSR count). The zero-order valence-electron chi connectivity index (χ0n) is 16.9. The number of pyridine rings is 1. The largest absolute Gasteiger partial charge is 0.454 e. The molecule has 0 unspecified atom stereocenters. The minimum Gasteiger partial charge on any atom is -0.454 e. The molecule has 0 spiro atoms. The van der Waals surface area contributed by atoms with Crippen LogP contribution in [0.1, 0.15) is 0 Å². The van der Waals surface area contributed by atoms with Gasteiger partial charge in [-0.15, -0.1) is 0 Å². The molecule has 0 aliphatic rings. The third kappa shape index (κ3) is 3.99. The van der Waals surface area contributed by atoms with E-state index in [1.54, 1.807) is 49.4 Å². The Bertz CT molecular complexity index is 1330. The first kappa shape index (κ1) is 20.5. The molecule has 31 heavy (non-hydrogen) atoms. The second-order valence-electron chi connectivity index (χ2n) is 7.04. The van der Waals surface area contributed by atoms with Crippen molar-refractivity contribution in [2.45, 2.75) is 6.54 Å². The zero-order chi connectivity index (χ0) is 22.1. The van der Waals surface area contributed by atoms with Crippen molar-refractivity contribution in [1.29, 1.82) is 0 Å². The Morgan fingerprint density at radius 1 is 1.06 bits per heavy atom. The number of methoxy groups -OCH3 is 1. The van der Waals surface area contributed by atoms with Crippen LogP contribution in [0.15, 0.2) is 53.6 Å². The summed E-state index contributed by atoms with van der Waals surface area (Å²) in [6.07, 6.45) is 3.29. The summed E-state index contributed by atoms with van der Waals surface area (Å²) < 4.78 is 41.4. The topological polar surface area (TPSA) is 84.3 Å². The molecule has 7 nitrogen and oxygen atoms in total. The van der Waals surface area contributed by atoms with Gasteiger partial charge in [-0.25, -0.2) is 8.78 Å². The van der Waals surface area contributed by atoms with Gasteiger partial charge in [0.2, 0.25) is 0 Å². The van der Waals surface area contributed by atoms with E-state index in [9.17, 15) is 13.6 Å². The number of fused-ring (bicyclic) bond motifs is 1. The van der Waals surface area contributed by atoms with Gasteiger partial charge in [0.15, 0.2) is 11.6 Å². The first-order chi connectivity index (χ1) is 14.9. The molecular formula is C22H20F2N4O3. The molecule has 9 heteroatoms. The lowest BCUT2D eigenvalue weighted by molar-refractivity contribution is 0.184. The molecule has 0 saturated carbocycles. The summed E-state index contributed by atoms with van der Waals surface area (Å²) in [5.74, 6) is -1.40. The molecular weight excluding hydrogens is 406 g/mol. The van der Waals surface area contributed by atoms with Crippen molar-refractivity contribution in [2.75, 3.05) is 19.5 Å². The molecule has 0 saturated heterocycles. The Morgan fingerprint density at radius 2 is 1.84 bits per heavy atom. The van der Waals surface area contributed by atoms with Gasteiger partial charge in [0.1, 0.15) is 17.1 Å². The number of halogens is 2. The molecule has 0 radical (unpaired) electrons. The van der Waals surface area contributed by atoms with E-state index in [4.69, 9.17) is 15.2 Å². The van der Waals surface area contributed by atoms with Crippen LogP contribution in [-0.4, -0.2) is 28.1 Å². The molecule has 2 heterocycles. The van der Waals surface area contributed by atoms with Crippen LogP contribution in [-0.2, 0) is 18.3 Å². The van der Waals surface area contributed by atoms with Gasteiger partial charge in [-0.2, -0.15) is 5.10 Å². The SMILES string of the molecule is COCCn1cc2c(=O)n(C)cc(-c3cc(N)ccc3Oc3ccc(F)cc3F)c2n1. The van der Waals surface area contributed by atoms with E-state index in [1.807, 2.05) is 0 Å². The summed E-state index contributed by atoms with van der Waals surface area (Å²) in [6, 6.07) is 7.92. The van der Waals surface area contributed by atoms with Gasteiger partial charge in [0, 0.05) is 49.4 Å². The molecule has 0 atom stereocenters. The molecule has 0 aliphatic carbocycles. The second-order valence-corrected chi connectivity index (χ2v) is 7.04. The number of nitrogens with two attached hydrogens (primary N) is 1. The summed E-state index contributed by atoms with van der Waals surface area (Å²) in [7, 11) is 3.21. The maximum atomic E-state index is 14.2. The summed E-state index contributed by atoms with van der Waals surface area (Å²) in [4.78, 5) is 12.7. The van der Waals surface area contributed by atoms with Crippen molar-refractivity contribution >= 4 is 16.6 Å². The van der Waals surface area contributed by atoms with E-state index in [2.05, 4.69) is 5.10 Å². The highest BCUT2D eigenvalue weighted by molar-refractivity contribution is 5.94. The molecule has 0 aliphatic heterocycles.